The number of pyridine rings is 1. The quantitative estimate of drug-likeness (QED) is 0.747. The fraction of sp³-hybridized carbons (Fsp3) is 0.133. The predicted molar refractivity (Wildman–Crippen MR) is 82.5 cm³/mol. The van der Waals surface area contributed by atoms with Crippen molar-refractivity contribution in [3.63, 3.8) is 0 Å². The third-order valence-corrected chi connectivity index (χ3v) is 4.03. The number of hydrogen-bond donors (Lipinski definition) is 1. The predicted octanol–water partition coefficient (Wildman–Crippen LogP) is 3.21. The van der Waals surface area contributed by atoms with Gasteiger partial charge in [-0.25, -0.2) is 9.97 Å². The average molecular weight is 282 g/mol. The number of nitrogens with zero attached hydrogens (tertiary/aromatic N) is 3. The van der Waals surface area contributed by atoms with Crippen molar-refractivity contribution in [2.45, 2.75) is 17.7 Å². The molecule has 1 aromatic carbocycles. The average Bonchev–Trinajstić information content (AvgIpc) is 2.46. The van der Waals surface area contributed by atoms with E-state index in [0.717, 1.165) is 22.0 Å². The number of fused-ring (bicyclic) bond motifs is 1. The first-order valence-corrected chi connectivity index (χ1v) is 7.27. The van der Waals surface area contributed by atoms with Crippen LogP contribution >= 0.6 is 11.8 Å². The zero-order valence-electron chi connectivity index (χ0n) is 11.1. The molecule has 0 saturated heterocycles. The van der Waals surface area contributed by atoms with Gasteiger partial charge in [0.1, 0.15) is 5.03 Å². The van der Waals surface area contributed by atoms with Gasteiger partial charge >= 0.3 is 0 Å². The van der Waals surface area contributed by atoms with E-state index < -0.39 is 0 Å². The molecule has 100 valence electrons. The molecule has 4 nitrogen and oxygen atoms in total. The van der Waals surface area contributed by atoms with Crippen LogP contribution in [0.15, 0.2) is 47.8 Å². The number of nitrogen functional groups attached to an aromatic ring is 1. The van der Waals surface area contributed by atoms with E-state index in [-0.39, 0.29) is 0 Å². The van der Waals surface area contributed by atoms with Crippen LogP contribution in [-0.2, 0) is 5.75 Å². The van der Waals surface area contributed by atoms with Crippen molar-refractivity contribution in [2.24, 2.45) is 0 Å². The van der Waals surface area contributed by atoms with Crippen LogP contribution in [0.1, 0.15) is 11.3 Å². The molecule has 0 aliphatic rings. The normalized spacial score (nSPS) is 10.8. The fourth-order valence-corrected chi connectivity index (χ4v) is 2.97. The SMILES string of the molecule is Cc1cc(CSc2nccnc2N)c2ccccc2n1. The molecule has 2 N–H and O–H groups in total. The molecule has 0 aliphatic carbocycles. The Labute approximate surface area is 121 Å². The maximum atomic E-state index is 5.82. The van der Waals surface area contributed by atoms with Crippen LogP contribution in [0.4, 0.5) is 5.82 Å². The molecule has 2 aromatic heterocycles. The van der Waals surface area contributed by atoms with Gasteiger partial charge in [0.25, 0.3) is 0 Å². The molecule has 0 radical (unpaired) electrons. The van der Waals surface area contributed by atoms with Crippen LogP contribution in [0.25, 0.3) is 10.9 Å². The first kappa shape index (κ1) is 12.9. The van der Waals surface area contributed by atoms with E-state index in [1.807, 2.05) is 25.1 Å². The highest BCUT2D eigenvalue weighted by molar-refractivity contribution is 7.98. The second-order valence-corrected chi connectivity index (χ2v) is 5.44. The summed E-state index contributed by atoms with van der Waals surface area (Å²) in [5.74, 6) is 1.28. The molecule has 5 heteroatoms. The van der Waals surface area contributed by atoms with Crippen LogP contribution in [0, 0.1) is 6.92 Å². The number of nitrogens with two attached hydrogens (primary N) is 1. The van der Waals surface area contributed by atoms with Crippen LogP contribution in [0.2, 0.25) is 0 Å². The Hall–Kier alpha value is -2.14. The van der Waals surface area contributed by atoms with Crippen LogP contribution < -0.4 is 5.73 Å². The van der Waals surface area contributed by atoms with Crippen molar-refractivity contribution in [3.8, 4) is 0 Å². The molecular formula is C15H14N4S. The summed E-state index contributed by atoms with van der Waals surface area (Å²) in [5.41, 5.74) is 9.10. The number of thioether (sulfide) groups is 1. The molecule has 0 bridgehead atoms. The highest BCUT2D eigenvalue weighted by Crippen LogP contribution is 2.28. The zero-order valence-corrected chi connectivity index (χ0v) is 11.9. The molecule has 3 rings (SSSR count). The van der Waals surface area contributed by atoms with Gasteiger partial charge in [-0.1, -0.05) is 30.0 Å². The Morgan fingerprint density at radius 1 is 1.15 bits per heavy atom. The monoisotopic (exact) mass is 282 g/mol. The van der Waals surface area contributed by atoms with Gasteiger partial charge in [0.15, 0.2) is 5.82 Å². The molecule has 20 heavy (non-hydrogen) atoms. The van der Waals surface area contributed by atoms with Crippen molar-refractivity contribution < 1.29 is 0 Å². The number of hydrogen-bond acceptors (Lipinski definition) is 5. The Morgan fingerprint density at radius 2 is 1.95 bits per heavy atom. The number of aromatic nitrogens is 3. The summed E-state index contributed by atoms with van der Waals surface area (Å²) in [6, 6.07) is 10.3. The lowest BCUT2D eigenvalue weighted by atomic mass is 10.1. The lowest BCUT2D eigenvalue weighted by Gasteiger charge is -2.08. The minimum atomic E-state index is 0.479. The van der Waals surface area contributed by atoms with E-state index in [4.69, 9.17) is 5.73 Å². The Balaban J connectivity index is 1.93. The minimum absolute atomic E-state index is 0.479. The maximum absolute atomic E-state index is 5.82. The molecule has 0 spiro atoms. The number of para-hydroxylation sites is 1. The van der Waals surface area contributed by atoms with E-state index in [2.05, 4.69) is 27.1 Å². The lowest BCUT2D eigenvalue weighted by molar-refractivity contribution is 1.07. The zero-order chi connectivity index (χ0) is 13.9. The Kier molecular flexibility index (Phi) is 3.52. The van der Waals surface area contributed by atoms with Gasteiger partial charge in [-0.3, -0.25) is 4.98 Å². The van der Waals surface area contributed by atoms with E-state index in [9.17, 15) is 0 Å². The van der Waals surface area contributed by atoms with Crippen molar-refractivity contribution in [2.75, 3.05) is 5.73 Å². The molecular weight excluding hydrogens is 268 g/mol. The largest absolute Gasteiger partial charge is 0.381 e. The number of anilines is 1. The van der Waals surface area contributed by atoms with Gasteiger partial charge in [0.05, 0.1) is 5.52 Å². The topological polar surface area (TPSA) is 64.7 Å². The van der Waals surface area contributed by atoms with Crippen molar-refractivity contribution in [1.82, 2.24) is 15.0 Å². The van der Waals surface area contributed by atoms with Gasteiger partial charge in [-0.15, -0.1) is 0 Å². The highest BCUT2D eigenvalue weighted by Gasteiger charge is 2.07. The van der Waals surface area contributed by atoms with Crippen LogP contribution in [-0.4, -0.2) is 15.0 Å². The molecule has 0 unspecified atom stereocenters. The standard InChI is InChI=1S/C15H14N4S/c1-10-8-11(12-4-2-3-5-13(12)19-10)9-20-15-14(16)17-6-7-18-15/h2-8H,9H2,1H3,(H2,16,17). The molecule has 0 saturated carbocycles. The van der Waals surface area contributed by atoms with E-state index in [1.165, 1.54) is 10.9 Å². The molecule has 0 fully saturated rings. The lowest BCUT2D eigenvalue weighted by Crippen LogP contribution is -1.96. The molecule has 0 atom stereocenters. The molecule has 3 aromatic rings. The number of rotatable bonds is 3. The summed E-state index contributed by atoms with van der Waals surface area (Å²) < 4.78 is 0. The summed E-state index contributed by atoms with van der Waals surface area (Å²) in [6.07, 6.45) is 3.26. The first-order valence-electron chi connectivity index (χ1n) is 6.28. The van der Waals surface area contributed by atoms with Gasteiger partial charge in [0.2, 0.25) is 0 Å². The van der Waals surface area contributed by atoms with Crippen molar-refractivity contribution in [3.05, 3.63) is 54.0 Å². The molecule has 2 heterocycles. The first-order chi connectivity index (χ1) is 9.74. The van der Waals surface area contributed by atoms with Crippen LogP contribution in [0.5, 0.6) is 0 Å². The third kappa shape index (κ3) is 2.58. The second kappa shape index (κ2) is 5.46. The van der Waals surface area contributed by atoms with Crippen molar-refractivity contribution in [1.29, 1.82) is 0 Å². The van der Waals surface area contributed by atoms with Crippen molar-refractivity contribution >= 4 is 28.5 Å². The van der Waals surface area contributed by atoms with Gasteiger partial charge in [-0.2, -0.15) is 0 Å². The van der Waals surface area contributed by atoms with Gasteiger partial charge in [-0.05, 0) is 24.6 Å². The summed E-state index contributed by atoms with van der Waals surface area (Å²) in [7, 11) is 0. The third-order valence-electron chi connectivity index (χ3n) is 2.99. The second-order valence-electron chi connectivity index (χ2n) is 4.48. The molecule has 0 aliphatic heterocycles. The maximum Gasteiger partial charge on any atom is 0.156 e. The summed E-state index contributed by atoms with van der Waals surface area (Å²) in [5, 5.41) is 1.94. The highest BCUT2D eigenvalue weighted by atomic mass is 32.2. The summed E-state index contributed by atoms with van der Waals surface area (Å²) in [6.45, 7) is 2.01. The number of aryl methyl sites for hydroxylation is 1. The summed E-state index contributed by atoms with van der Waals surface area (Å²) >= 11 is 1.60. The Morgan fingerprint density at radius 3 is 2.80 bits per heavy atom. The number of benzene rings is 1. The van der Waals surface area contributed by atoms with E-state index in [1.54, 1.807) is 24.2 Å². The van der Waals surface area contributed by atoms with E-state index in [0.29, 0.717) is 5.82 Å². The Bertz CT molecular complexity index is 758. The smallest absolute Gasteiger partial charge is 0.156 e. The van der Waals surface area contributed by atoms with Gasteiger partial charge in [0, 0.05) is 29.2 Å². The van der Waals surface area contributed by atoms with Crippen LogP contribution in [0.3, 0.4) is 0 Å². The van der Waals surface area contributed by atoms with E-state index >= 15 is 0 Å². The minimum Gasteiger partial charge on any atom is -0.381 e. The fourth-order valence-electron chi connectivity index (χ4n) is 2.11. The summed E-state index contributed by atoms with van der Waals surface area (Å²) in [4.78, 5) is 12.9. The van der Waals surface area contributed by atoms with Gasteiger partial charge < -0.3 is 5.73 Å². The molecule has 0 amide bonds.